The third-order valence-corrected chi connectivity index (χ3v) is 4.48. The monoisotopic (exact) mass is 316 g/mol. The smallest absolute Gasteiger partial charge is 0.225 e. The second kappa shape index (κ2) is 5.47. The zero-order valence-electron chi connectivity index (χ0n) is 11.6. The van der Waals surface area contributed by atoms with E-state index in [1.54, 1.807) is 0 Å². The number of nitrogens with one attached hydrogen (secondary N) is 1. The predicted molar refractivity (Wildman–Crippen MR) is 73.9 cm³/mol. The number of halogens is 1. The fourth-order valence-electron chi connectivity index (χ4n) is 3.02. The van der Waals surface area contributed by atoms with E-state index in [1.807, 2.05) is 4.90 Å². The standard InChI is InChI=1S/C12H17FN4O3S/c1-21(18,19)16-9-7-17(10-3-2-4-20-11(9)10)12-14-5-8(13)6-15-12/h5-6,9-11,16H,2-4,7H2,1H3/t9-,10?,11?/m0/s1. The van der Waals surface area contributed by atoms with Crippen molar-refractivity contribution in [2.24, 2.45) is 0 Å². The van der Waals surface area contributed by atoms with Crippen LogP contribution >= 0.6 is 0 Å². The number of rotatable bonds is 3. The van der Waals surface area contributed by atoms with Crippen LogP contribution < -0.4 is 9.62 Å². The van der Waals surface area contributed by atoms with Gasteiger partial charge in [0.15, 0.2) is 5.82 Å². The number of fused-ring (bicyclic) bond motifs is 1. The van der Waals surface area contributed by atoms with E-state index in [0.717, 1.165) is 31.5 Å². The lowest BCUT2D eigenvalue weighted by atomic mass is 10.0. The summed E-state index contributed by atoms with van der Waals surface area (Å²) < 4.78 is 44.3. The largest absolute Gasteiger partial charge is 0.374 e. The minimum atomic E-state index is -3.33. The first-order valence-electron chi connectivity index (χ1n) is 6.77. The molecule has 3 atom stereocenters. The molecule has 0 saturated carbocycles. The quantitative estimate of drug-likeness (QED) is 0.838. The van der Waals surface area contributed by atoms with E-state index in [0.29, 0.717) is 19.1 Å². The summed E-state index contributed by atoms with van der Waals surface area (Å²) in [4.78, 5) is 9.87. The van der Waals surface area contributed by atoms with Gasteiger partial charge in [-0.05, 0) is 12.8 Å². The molecule has 1 aromatic heterocycles. The maximum Gasteiger partial charge on any atom is 0.225 e. The Kier molecular flexibility index (Phi) is 3.80. The van der Waals surface area contributed by atoms with Gasteiger partial charge in [-0.25, -0.2) is 27.5 Å². The van der Waals surface area contributed by atoms with E-state index < -0.39 is 15.8 Å². The molecule has 116 valence electrons. The van der Waals surface area contributed by atoms with Crippen LogP contribution in [0.5, 0.6) is 0 Å². The van der Waals surface area contributed by atoms with Crippen LogP contribution in [0.3, 0.4) is 0 Å². The van der Waals surface area contributed by atoms with Crippen molar-refractivity contribution in [1.82, 2.24) is 14.7 Å². The number of hydrogen-bond acceptors (Lipinski definition) is 6. The van der Waals surface area contributed by atoms with Gasteiger partial charge in [-0.15, -0.1) is 0 Å². The van der Waals surface area contributed by atoms with Crippen LogP contribution in [-0.4, -0.2) is 56.0 Å². The topological polar surface area (TPSA) is 84.4 Å². The van der Waals surface area contributed by atoms with Crippen molar-refractivity contribution in [2.45, 2.75) is 31.0 Å². The Morgan fingerprint density at radius 2 is 2.14 bits per heavy atom. The molecule has 2 fully saturated rings. The van der Waals surface area contributed by atoms with Crippen LogP contribution in [0, 0.1) is 5.82 Å². The van der Waals surface area contributed by atoms with Crippen LogP contribution in [0.1, 0.15) is 12.8 Å². The molecule has 2 unspecified atom stereocenters. The van der Waals surface area contributed by atoms with Gasteiger partial charge in [-0.3, -0.25) is 0 Å². The lowest BCUT2D eigenvalue weighted by Gasteiger charge is -2.32. The van der Waals surface area contributed by atoms with E-state index in [2.05, 4.69) is 14.7 Å². The Balaban J connectivity index is 1.86. The number of anilines is 1. The third-order valence-electron chi connectivity index (χ3n) is 3.75. The van der Waals surface area contributed by atoms with Crippen LogP contribution in [0.4, 0.5) is 10.3 Å². The molecule has 2 aliphatic rings. The fraction of sp³-hybridized carbons (Fsp3) is 0.667. The van der Waals surface area contributed by atoms with E-state index in [-0.39, 0.29) is 18.2 Å². The molecule has 2 aliphatic heterocycles. The maximum absolute atomic E-state index is 12.9. The molecule has 2 saturated heterocycles. The van der Waals surface area contributed by atoms with Crippen molar-refractivity contribution >= 4 is 16.0 Å². The Bertz CT molecular complexity index is 609. The van der Waals surface area contributed by atoms with Gasteiger partial charge in [0.2, 0.25) is 16.0 Å². The summed E-state index contributed by atoms with van der Waals surface area (Å²) in [5, 5.41) is 0. The number of ether oxygens (including phenoxy) is 1. The van der Waals surface area contributed by atoms with E-state index in [1.165, 1.54) is 0 Å². The van der Waals surface area contributed by atoms with E-state index in [9.17, 15) is 12.8 Å². The first-order valence-corrected chi connectivity index (χ1v) is 8.66. The SMILES string of the molecule is CS(=O)(=O)N[C@H]1CN(c2ncc(F)cn2)C2CCCOC21. The number of aromatic nitrogens is 2. The van der Waals surface area contributed by atoms with E-state index >= 15 is 0 Å². The molecule has 0 spiro atoms. The molecule has 1 N–H and O–H groups in total. The molecule has 1 aromatic rings. The van der Waals surface area contributed by atoms with Crippen molar-refractivity contribution in [2.75, 3.05) is 24.3 Å². The molecule has 0 aromatic carbocycles. The minimum absolute atomic E-state index is 0.00320. The van der Waals surface area contributed by atoms with Crippen molar-refractivity contribution in [1.29, 1.82) is 0 Å². The van der Waals surface area contributed by atoms with Crippen LogP contribution in [-0.2, 0) is 14.8 Å². The summed E-state index contributed by atoms with van der Waals surface area (Å²) in [7, 11) is -3.33. The summed E-state index contributed by atoms with van der Waals surface area (Å²) in [6.45, 7) is 1.02. The highest BCUT2D eigenvalue weighted by molar-refractivity contribution is 7.88. The van der Waals surface area contributed by atoms with E-state index in [4.69, 9.17) is 4.74 Å². The Morgan fingerprint density at radius 1 is 1.43 bits per heavy atom. The Morgan fingerprint density at radius 3 is 2.81 bits per heavy atom. The van der Waals surface area contributed by atoms with Crippen LogP contribution in [0.15, 0.2) is 12.4 Å². The molecule has 3 rings (SSSR count). The lowest BCUT2D eigenvalue weighted by Crippen LogP contribution is -2.47. The highest BCUT2D eigenvalue weighted by Crippen LogP contribution is 2.31. The molecule has 0 radical (unpaired) electrons. The molecular formula is C12H17FN4O3S. The minimum Gasteiger partial charge on any atom is -0.374 e. The first-order chi connectivity index (χ1) is 9.94. The van der Waals surface area contributed by atoms with Gasteiger partial charge in [0.05, 0.1) is 36.8 Å². The number of nitrogens with zero attached hydrogens (tertiary/aromatic N) is 3. The summed E-state index contributed by atoms with van der Waals surface area (Å²) >= 11 is 0. The predicted octanol–water partition coefficient (Wildman–Crippen LogP) is -0.0989. The molecule has 0 amide bonds. The molecule has 3 heterocycles. The van der Waals surface area contributed by atoms with Gasteiger partial charge < -0.3 is 9.64 Å². The third kappa shape index (κ3) is 3.14. The van der Waals surface area contributed by atoms with Gasteiger partial charge in [-0.2, -0.15) is 0 Å². The average Bonchev–Trinajstić information content (AvgIpc) is 2.77. The van der Waals surface area contributed by atoms with Gasteiger partial charge in [-0.1, -0.05) is 0 Å². The normalized spacial score (nSPS) is 29.4. The fourth-order valence-corrected chi connectivity index (χ4v) is 3.78. The van der Waals surface area contributed by atoms with Crippen molar-refractivity contribution in [3.8, 4) is 0 Å². The second-order valence-electron chi connectivity index (χ2n) is 5.40. The van der Waals surface area contributed by atoms with Gasteiger partial charge in [0, 0.05) is 13.2 Å². The second-order valence-corrected chi connectivity index (χ2v) is 7.18. The van der Waals surface area contributed by atoms with Gasteiger partial charge in [0.1, 0.15) is 0 Å². The first kappa shape index (κ1) is 14.6. The van der Waals surface area contributed by atoms with Crippen molar-refractivity contribution in [3.63, 3.8) is 0 Å². The highest BCUT2D eigenvalue weighted by atomic mass is 32.2. The Labute approximate surface area is 122 Å². The summed E-state index contributed by atoms with van der Waals surface area (Å²) in [5.41, 5.74) is 0. The lowest BCUT2D eigenvalue weighted by molar-refractivity contribution is 0.00392. The Hall–Kier alpha value is -1.32. The van der Waals surface area contributed by atoms with Crippen molar-refractivity contribution in [3.05, 3.63) is 18.2 Å². The van der Waals surface area contributed by atoms with Gasteiger partial charge in [0.25, 0.3) is 0 Å². The molecule has 7 nitrogen and oxygen atoms in total. The molecule has 0 bridgehead atoms. The van der Waals surface area contributed by atoms with Gasteiger partial charge >= 0.3 is 0 Å². The average molecular weight is 316 g/mol. The molecule has 21 heavy (non-hydrogen) atoms. The number of hydrogen-bond donors (Lipinski definition) is 1. The summed E-state index contributed by atoms with van der Waals surface area (Å²) in [5.74, 6) is -0.102. The zero-order chi connectivity index (χ0) is 15.0. The molecule has 9 heteroatoms. The molecule has 0 aliphatic carbocycles. The van der Waals surface area contributed by atoms with Crippen LogP contribution in [0.2, 0.25) is 0 Å². The zero-order valence-corrected chi connectivity index (χ0v) is 12.4. The number of sulfonamides is 1. The summed E-state index contributed by atoms with van der Waals surface area (Å²) in [6.07, 6.45) is 4.87. The molecular weight excluding hydrogens is 299 g/mol. The maximum atomic E-state index is 12.9. The van der Waals surface area contributed by atoms with Crippen molar-refractivity contribution < 1.29 is 17.5 Å². The summed E-state index contributed by atoms with van der Waals surface area (Å²) in [6, 6.07) is -0.345. The highest BCUT2D eigenvalue weighted by Gasteiger charge is 2.46. The van der Waals surface area contributed by atoms with Crippen LogP contribution in [0.25, 0.3) is 0 Å².